The first-order chi connectivity index (χ1) is 11.0. The van der Waals surface area contributed by atoms with E-state index < -0.39 is 0 Å². The van der Waals surface area contributed by atoms with Crippen LogP contribution in [0.5, 0.6) is 0 Å². The zero-order valence-corrected chi connectivity index (χ0v) is 14.6. The summed E-state index contributed by atoms with van der Waals surface area (Å²) >= 11 is 0. The Kier molecular flexibility index (Phi) is 4.42. The van der Waals surface area contributed by atoms with Crippen molar-refractivity contribution in [3.05, 3.63) is 64.7 Å². The number of hydrogen-bond acceptors (Lipinski definition) is 3. The van der Waals surface area contributed by atoms with Crippen LogP contribution in [0.1, 0.15) is 34.2 Å². The largest absolute Gasteiger partial charge is 0.378 e. The summed E-state index contributed by atoms with van der Waals surface area (Å²) < 4.78 is 0. The molecule has 1 aliphatic rings. The Morgan fingerprint density at radius 3 is 2.39 bits per heavy atom. The van der Waals surface area contributed by atoms with E-state index in [0.717, 1.165) is 6.54 Å². The summed E-state index contributed by atoms with van der Waals surface area (Å²) in [5.74, 6) is 0.412. The van der Waals surface area contributed by atoms with E-state index in [-0.39, 0.29) is 0 Å². The van der Waals surface area contributed by atoms with Crippen LogP contribution in [0, 0.1) is 6.92 Å². The van der Waals surface area contributed by atoms with Crippen LogP contribution in [0.25, 0.3) is 0 Å². The van der Waals surface area contributed by atoms with Crippen LogP contribution in [-0.4, -0.2) is 39.1 Å². The average molecular weight is 309 g/mol. The molecule has 0 saturated carbocycles. The smallest absolute Gasteiger partial charge is 0.0470 e. The van der Waals surface area contributed by atoms with E-state index >= 15 is 0 Å². The molecule has 0 aliphatic carbocycles. The third kappa shape index (κ3) is 2.99. The molecule has 0 fully saturated rings. The maximum atomic E-state index is 6.05. The monoisotopic (exact) mass is 309 g/mol. The normalized spacial score (nSPS) is 21.1. The van der Waals surface area contributed by atoms with Gasteiger partial charge in [0.1, 0.15) is 0 Å². The van der Waals surface area contributed by atoms with Crippen molar-refractivity contribution >= 4 is 5.69 Å². The molecular weight excluding hydrogens is 282 g/mol. The molecule has 0 aromatic heterocycles. The predicted molar refractivity (Wildman–Crippen MR) is 98.2 cm³/mol. The Bertz CT molecular complexity index is 676. The number of anilines is 1. The second-order valence-corrected chi connectivity index (χ2v) is 6.86. The molecule has 1 heterocycles. The first kappa shape index (κ1) is 16.0. The molecule has 23 heavy (non-hydrogen) atoms. The second kappa shape index (κ2) is 6.34. The number of likely N-dealkylation sites (N-methyl/N-ethyl adjacent to an activating group) is 1. The molecule has 0 bridgehead atoms. The van der Waals surface area contributed by atoms with Crippen LogP contribution in [0.2, 0.25) is 0 Å². The number of fused-ring (bicyclic) bond motifs is 1. The molecule has 2 N–H and O–H groups in total. The van der Waals surface area contributed by atoms with Gasteiger partial charge in [0, 0.05) is 44.8 Å². The van der Waals surface area contributed by atoms with Crippen LogP contribution >= 0.6 is 0 Å². The maximum absolute atomic E-state index is 6.05. The second-order valence-electron chi connectivity index (χ2n) is 6.86. The van der Waals surface area contributed by atoms with Crippen LogP contribution in [0.3, 0.4) is 0 Å². The zero-order chi connectivity index (χ0) is 16.6. The highest BCUT2D eigenvalue weighted by Crippen LogP contribution is 2.39. The molecule has 2 atom stereocenters. The molecular formula is C20H27N3. The lowest BCUT2D eigenvalue weighted by atomic mass is 9.81. The van der Waals surface area contributed by atoms with Gasteiger partial charge in [0.05, 0.1) is 0 Å². The molecule has 2 unspecified atom stereocenters. The van der Waals surface area contributed by atoms with Crippen molar-refractivity contribution in [3.8, 4) is 0 Å². The van der Waals surface area contributed by atoms with Crippen molar-refractivity contribution in [1.82, 2.24) is 4.90 Å². The Hall–Kier alpha value is -1.84. The molecule has 2 aromatic carbocycles. The van der Waals surface area contributed by atoms with Gasteiger partial charge < -0.3 is 10.6 Å². The molecule has 1 aliphatic heterocycles. The van der Waals surface area contributed by atoms with Gasteiger partial charge in [0.2, 0.25) is 0 Å². The van der Waals surface area contributed by atoms with Gasteiger partial charge in [-0.2, -0.15) is 0 Å². The van der Waals surface area contributed by atoms with Crippen molar-refractivity contribution in [2.24, 2.45) is 5.73 Å². The minimum Gasteiger partial charge on any atom is -0.378 e. The van der Waals surface area contributed by atoms with Crippen molar-refractivity contribution in [3.63, 3.8) is 0 Å². The van der Waals surface area contributed by atoms with Gasteiger partial charge in [-0.05, 0) is 42.8 Å². The lowest BCUT2D eigenvalue weighted by molar-refractivity contribution is 0.223. The molecule has 3 rings (SSSR count). The average Bonchev–Trinajstić information content (AvgIpc) is 2.54. The molecule has 122 valence electrons. The van der Waals surface area contributed by atoms with E-state index in [1.54, 1.807) is 0 Å². The molecule has 0 spiro atoms. The first-order valence-corrected chi connectivity index (χ1v) is 8.29. The van der Waals surface area contributed by atoms with Crippen LogP contribution in [0.15, 0.2) is 42.5 Å². The van der Waals surface area contributed by atoms with Crippen LogP contribution in [0.4, 0.5) is 5.69 Å². The topological polar surface area (TPSA) is 32.5 Å². The summed E-state index contributed by atoms with van der Waals surface area (Å²) in [6, 6.07) is 16.1. The van der Waals surface area contributed by atoms with E-state index in [1.165, 1.54) is 27.9 Å². The summed E-state index contributed by atoms with van der Waals surface area (Å²) in [5.41, 5.74) is 12.8. The summed E-state index contributed by atoms with van der Waals surface area (Å²) in [7, 11) is 6.34. The maximum Gasteiger partial charge on any atom is 0.0470 e. The summed E-state index contributed by atoms with van der Waals surface area (Å²) in [6.45, 7) is 3.84. The molecule has 3 nitrogen and oxygen atoms in total. The zero-order valence-electron chi connectivity index (χ0n) is 14.6. The van der Waals surface area contributed by atoms with Gasteiger partial charge in [-0.25, -0.2) is 0 Å². The number of benzene rings is 2. The summed E-state index contributed by atoms with van der Waals surface area (Å²) in [4.78, 5) is 4.53. The Morgan fingerprint density at radius 1 is 1.09 bits per heavy atom. The summed E-state index contributed by atoms with van der Waals surface area (Å²) in [5, 5.41) is 0. The molecule has 0 radical (unpaired) electrons. The number of aryl methyl sites for hydroxylation is 1. The molecule has 0 amide bonds. The van der Waals surface area contributed by atoms with E-state index in [4.69, 9.17) is 5.73 Å². The molecule has 2 aromatic rings. The quantitative estimate of drug-likeness (QED) is 0.945. The Morgan fingerprint density at radius 2 is 1.78 bits per heavy atom. The molecule has 0 saturated heterocycles. The number of hydrogen-bond donors (Lipinski definition) is 1. The minimum absolute atomic E-state index is 0.321. The van der Waals surface area contributed by atoms with Gasteiger partial charge in [-0.3, -0.25) is 4.90 Å². The number of rotatable bonds is 3. The lowest BCUT2D eigenvalue weighted by Crippen LogP contribution is -2.39. The third-order valence-corrected chi connectivity index (χ3v) is 5.01. The fourth-order valence-corrected chi connectivity index (χ4v) is 3.65. The summed E-state index contributed by atoms with van der Waals surface area (Å²) in [6.07, 6.45) is 0. The van der Waals surface area contributed by atoms with Crippen molar-refractivity contribution < 1.29 is 0 Å². The van der Waals surface area contributed by atoms with Gasteiger partial charge in [-0.15, -0.1) is 0 Å². The van der Waals surface area contributed by atoms with Crippen LogP contribution in [-0.2, 0) is 0 Å². The van der Waals surface area contributed by atoms with Crippen molar-refractivity contribution in [1.29, 1.82) is 0 Å². The fourth-order valence-electron chi connectivity index (χ4n) is 3.65. The standard InChI is InChI=1S/C20H27N3/c1-14-5-10-17-18(11-14)20(12-21)23(4)13-19(17)15-6-8-16(9-7-15)22(2)3/h5-11,19-20H,12-13,21H2,1-4H3. The van der Waals surface area contributed by atoms with E-state index in [9.17, 15) is 0 Å². The van der Waals surface area contributed by atoms with E-state index in [2.05, 4.69) is 80.3 Å². The molecule has 3 heteroatoms. The minimum atomic E-state index is 0.321. The highest BCUT2D eigenvalue weighted by atomic mass is 15.1. The number of nitrogens with two attached hydrogens (primary N) is 1. The lowest BCUT2D eigenvalue weighted by Gasteiger charge is -2.39. The van der Waals surface area contributed by atoms with Gasteiger partial charge in [0.15, 0.2) is 0 Å². The highest BCUT2D eigenvalue weighted by Gasteiger charge is 2.31. The third-order valence-electron chi connectivity index (χ3n) is 5.01. The number of nitrogens with zero attached hydrogens (tertiary/aromatic N) is 2. The SMILES string of the molecule is Cc1ccc2c(c1)C(CN)N(C)CC2c1ccc(N(C)C)cc1. The van der Waals surface area contributed by atoms with E-state index in [1.807, 2.05) is 0 Å². The van der Waals surface area contributed by atoms with Crippen molar-refractivity contribution in [2.45, 2.75) is 18.9 Å². The Labute approximate surface area is 139 Å². The van der Waals surface area contributed by atoms with Crippen molar-refractivity contribution in [2.75, 3.05) is 39.1 Å². The predicted octanol–water partition coefficient (Wildman–Crippen LogP) is 3.14. The van der Waals surface area contributed by atoms with Crippen LogP contribution < -0.4 is 10.6 Å². The van der Waals surface area contributed by atoms with Gasteiger partial charge >= 0.3 is 0 Å². The first-order valence-electron chi connectivity index (χ1n) is 8.29. The van der Waals surface area contributed by atoms with Gasteiger partial charge in [0.25, 0.3) is 0 Å². The highest BCUT2D eigenvalue weighted by molar-refractivity contribution is 5.50. The van der Waals surface area contributed by atoms with E-state index in [0.29, 0.717) is 18.5 Å². The fraction of sp³-hybridized carbons (Fsp3) is 0.400. The Balaban J connectivity index is 2.03. The van der Waals surface area contributed by atoms with Gasteiger partial charge in [-0.1, -0.05) is 35.9 Å².